The highest BCUT2D eigenvalue weighted by molar-refractivity contribution is 8.26. The summed E-state index contributed by atoms with van der Waals surface area (Å²) < 4.78 is 34.6. The van der Waals surface area contributed by atoms with E-state index in [1.807, 2.05) is 13.0 Å². The van der Waals surface area contributed by atoms with Crippen molar-refractivity contribution in [1.29, 1.82) is 0 Å². The number of methoxy groups -OCH3 is 1. The fraction of sp³-hybridized carbons (Fsp3) is 0.412. The lowest BCUT2D eigenvalue weighted by molar-refractivity contribution is -0.123. The maximum absolute atomic E-state index is 12.7. The van der Waals surface area contributed by atoms with Crippen molar-refractivity contribution in [3.05, 3.63) is 28.7 Å². The van der Waals surface area contributed by atoms with Crippen molar-refractivity contribution in [3.8, 4) is 11.5 Å². The zero-order valence-corrected chi connectivity index (χ0v) is 16.9. The number of sulfone groups is 1. The van der Waals surface area contributed by atoms with E-state index < -0.39 is 9.84 Å². The van der Waals surface area contributed by atoms with E-state index in [4.69, 9.17) is 21.7 Å². The predicted molar refractivity (Wildman–Crippen MR) is 106 cm³/mol. The number of hydrogen-bond acceptors (Lipinski definition) is 7. The number of amides is 1. The zero-order chi connectivity index (χ0) is 18.9. The number of carbonyl (C=O) groups excluding carboxylic acids is 1. The molecule has 1 aromatic rings. The van der Waals surface area contributed by atoms with Crippen molar-refractivity contribution < 1.29 is 22.7 Å². The van der Waals surface area contributed by atoms with Gasteiger partial charge in [0, 0.05) is 0 Å². The van der Waals surface area contributed by atoms with E-state index in [9.17, 15) is 13.2 Å². The number of nitrogens with zero attached hydrogens (tertiary/aromatic N) is 1. The molecule has 1 aromatic carbocycles. The molecule has 0 spiro atoms. The number of thiocarbonyl (C=S) groups is 1. The van der Waals surface area contributed by atoms with Crippen LogP contribution in [-0.4, -0.2) is 54.8 Å². The van der Waals surface area contributed by atoms with Crippen LogP contribution in [0.5, 0.6) is 11.5 Å². The molecule has 3 rings (SSSR count). The molecule has 9 heteroatoms. The second-order valence-electron chi connectivity index (χ2n) is 5.95. The van der Waals surface area contributed by atoms with Gasteiger partial charge in [-0.15, -0.1) is 0 Å². The van der Waals surface area contributed by atoms with Gasteiger partial charge in [-0.1, -0.05) is 30.0 Å². The average molecular weight is 414 g/mol. The number of benzene rings is 1. The largest absolute Gasteiger partial charge is 0.493 e. The molecular formula is C17H19NO5S3. The van der Waals surface area contributed by atoms with Crippen LogP contribution in [0.1, 0.15) is 18.9 Å². The maximum atomic E-state index is 12.7. The van der Waals surface area contributed by atoms with Crippen LogP contribution >= 0.6 is 24.0 Å². The van der Waals surface area contributed by atoms with Crippen LogP contribution in [0.2, 0.25) is 0 Å². The zero-order valence-electron chi connectivity index (χ0n) is 14.4. The van der Waals surface area contributed by atoms with Crippen molar-refractivity contribution >= 4 is 50.1 Å². The van der Waals surface area contributed by atoms with Crippen molar-refractivity contribution in [2.45, 2.75) is 19.4 Å². The lowest BCUT2D eigenvalue weighted by Gasteiger charge is -2.20. The van der Waals surface area contributed by atoms with Gasteiger partial charge < -0.3 is 9.47 Å². The van der Waals surface area contributed by atoms with Crippen molar-refractivity contribution in [1.82, 2.24) is 4.90 Å². The van der Waals surface area contributed by atoms with Crippen LogP contribution in [0.25, 0.3) is 6.08 Å². The Labute approximate surface area is 162 Å². The molecule has 2 fully saturated rings. The molecule has 2 saturated heterocycles. The third-order valence-corrected chi connectivity index (χ3v) is 7.26. The first-order chi connectivity index (χ1) is 12.3. The topological polar surface area (TPSA) is 72.9 Å². The quantitative estimate of drug-likeness (QED) is 0.542. The molecular weight excluding hydrogens is 394 g/mol. The molecule has 0 aliphatic carbocycles. The lowest BCUT2D eigenvalue weighted by atomic mass is 10.1. The van der Waals surface area contributed by atoms with Crippen molar-refractivity contribution in [2.75, 3.05) is 25.2 Å². The molecule has 0 bridgehead atoms. The van der Waals surface area contributed by atoms with Crippen LogP contribution in [0, 0.1) is 0 Å². The highest BCUT2D eigenvalue weighted by atomic mass is 32.2. The summed E-state index contributed by atoms with van der Waals surface area (Å²) in [6.07, 6.45) is 2.17. The molecule has 140 valence electrons. The molecule has 0 aromatic heterocycles. The minimum Gasteiger partial charge on any atom is -0.493 e. The Hall–Kier alpha value is -1.58. The Morgan fingerprint density at radius 2 is 2.15 bits per heavy atom. The number of carbonyl (C=O) groups is 1. The van der Waals surface area contributed by atoms with Crippen molar-refractivity contribution in [3.63, 3.8) is 0 Å². The van der Waals surface area contributed by atoms with Crippen LogP contribution in [0.4, 0.5) is 0 Å². The third-order valence-electron chi connectivity index (χ3n) is 4.18. The standard InChI is InChI=1S/C17H19NO5S3/c1-3-23-13-5-4-11(8-14(13)22-2)9-15-16(19)18(17(24)25-15)12-6-7-26(20,21)10-12/h4-5,8-9,12H,3,6-7,10H2,1-2H3/b15-9-. The lowest BCUT2D eigenvalue weighted by Crippen LogP contribution is -2.39. The fourth-order valence-corrected chi connectivity index (χ4v) is 6.07. The van der Waals surface area contributed by atoms with Gasteiger partial charge in [0.05, 0.1) is 36.2 Å². The molecule has 1 unspecified atom stereocenters. The molecule has 26 heavy (non-hydrogen) atoms. The smallest absolute Gasteiger partial charge is 0.266 e. The van der Waals surface area contributed by atoms with Gasteiger partial charge in [0.25, 0.3) is 5.91 Å². The van der Waals surface area contributed by atoms with Gasteiger partial charge in [-0.3, -0.25) is 9.69 Å². The summed E-state index contributed by atoms with van der Waals surface area (Å²) in [7, 11) is -1.53. The van der Waals surface area contributed by atoms with E-state index in [2.05, 4.69) is 0 Å². The summed E-state index contributed by atoms with van der Waals surface area (Å²) in [5.41, 5.74) is 0.782. The Bertz CT molecular complexity index is 878. The van der Waals surface area contributed by atoms with Gasteiger partial charge in [-0.25, -0.2) is 8.42 Å². The van der Waals surface area contributed by atoms with Crippen LogP contribution < -0.4 is 9.47 Å². The summed E-state index contributed by atoms with van der Waals surface area (Å²) >= 11 is 6.51. The molecule has 0 N–H and O–H groups in total. The number of rotatable bonds is 5. The molecule has 2 aliphatic heterocycles. The molecule has 2 aliphatic rings. The second-order valence-corrected chi connectivity index (χ2v) is 9.86. The van der Waals surface area contributed by atoms with E-state index in [-0.39, 0.29) is 23.5 Å². The average Bonchev–Trinajstić information content (AvgIpc) is 3.07. The molecule has 2 heterocycles. The van der Waals surface area contributed by atoms with Gasteiger partial charge >= 0.3 is 0 Å². The Kier molecular flexibility index (Phi) is 5.59. The molecule has 6 nitrogen and oxygen atoms in total. The van der Waals surface area contributed by atoms with Crippen LogP contribution in [0.3, 0.4) is 0 Å². The van der Waals surface area contributed by atoms with Gasteiger partial charge in [0.15, 0.2) is 21.3 Å². The monoisotopic (exact) mass is 413 g/mol. The third kappa shape index (κ3) is 3.89. The highest BCUT2D eigenvalue weighted by Gasteiger charge is 2.42. The Morgan fingerprint density at radius 1 is 1.38 bits per heavy atom. The normalized spacial score (nSPS) is 23.7. The van der Waals surface area contributed by atoms with Crippen LogP contribution in [-0.2, 0) is 14.6 Å². The summed E-state index contributed by atoms with van der Waals surface area (Å²) in [6, 6.07) is 5.05. The minimum absolute atomic E-state index is 0.0242. The number of hydrogen-bond donors (Lipinski definition) is 0. The van der Waals surface area contributed by atoms with E-state index in [0.717, 1.165) is 5.56 Å². The Balaban J connectivity index is 1.84. The maximum Gasteiger partial charge on any atom is 0.266 e. The van der Waals surface area contributed by atoms with Gasteiger partial charge in [0.1, 0.15) is 4.32 Å². The van der Waals surface area contributed by atoms with Gasteiger partial charge in [-0.05, 0) is 37.1 Å². The second kappa shape index (κ2) is 7.58. The number of thioether (sulfide) groups is 1. The number of ether oxygens (including phenoxy) is 2. The first-order valence-electron chi connectivity index (χ1n) is 8.13. The molecule has 0 radical (unpaired) electrons. The first kappa shape index (κ1) is 19.2. The highest BCUT2D eigenvalue weighted by Crippen LogP contribution is 2.37. The predicted octanol–water partition coefficient (Wildman–Crippen LogP) is 2.48. The first-order valence-corrected chi connectivity index (χ1v) is 11.2. The summed E-state index contributed by atoms with van der Waals surface area (Å²) in [6.45, 7) is 2.42. The molecule has 1 amide bonds. The minimum atomic E-state index is -3.09. The van der Waals surface area contributed by atoms with Crippen LogP contribution in [0.15, 0.2) is 23.1 Å². The van der Waals surface area contributed by atoms with E-state index in [1.54, 1.807) is 25.3 Å². The van der Waals surface area contributed by atoms with E-state index >= 15 is 0 Å². The Morgan fingerprint density at radius 3 is 2.77 bits per heavy atom. The van der Waals surface area contributed by atoms with Crippen molar-refractivity contribution in [2.24, 2.45) is 0 Å². The molecule has 1 atom stereocenters. The summed E-state index contributed by atoms with van der Waals surface area (Å²) in [5, 5.41) is 0. The fourth-order valence-electron chi connectivity index (χ4n) is 2.97. The SMILES string of the molecule is CCOc1ccc(/C=C2\SC(=S)N(C3CCS(=O)(=O)C3)C2=O)cc1OC. The summed E-state index contributed by atoms with van der Waals surface area (Å²) in [5.74, 6) is 1.05. The van der Waals surface area contributed by atoms with E-state index in [1.165, 1.54) is 16.7 Å². The van der Waals surface area contributed by atoms with Gasteiger partial charge in [0.2, 0.25) is 0 Å². The van der Waals surface area contributed by atoms with E-state index in [0.29, 0.717) is 33.8 Å². The molecule has 0 saturated carbocycles. The van der Waals surface area contributed by atoms with Gasteiger partial charge in [-0.2, -0.15) is 0 Å². The summed E-state index contributed by atoms with van der Waals surface area (Å²) in [4.78, 5) is 14.7.